The van der Waals surface area contributed by atoms with E-state index in [0.717, 1.165) is 11.3 Å². The molecule has 1 amide bonds. The van der Waals surface area contributed by atoms with E-state index in [1.54, 1.807) is 36.1 Å². The van der Waals surface area contributed by atoms with Crippen molar-refractivity contribution < 1.29 is 19.2 Å². The van der Waals surface area contributed by atoms with Crippen LogP contribution in [0.2, 0.25) is 0 Å². The van der Waals surface area contributed by atoms with Crippen LogP contribution in [-0.2, 0) is 16.0 Å². The number of nitro groups is 1. The van der Waals surface area contributed by atoms with E-state index in [0.29, 0.717) is 38.2 Å². The number of fused-ring (bicyclic) bond motifs is 1. The van der Waals surface area contributed by atoms with Gasteiger partial charge in [0.25, 0.3) is 11.6 Å². The Bertz CT molecular complexity index is 967. The number of nitrogens with zero attached hydrogens (tertiary/aromatic N) is 3. The van der Waals surface area contributed by atoms with E-state index in [1.807, 2.05) is 12.1 Å². The first-order valence-electron chi connectivity index (χ1n) is 9.47. The van der Waals surface area contributed by atoms with Gasteiger partial charge in [0.2, 0.25) is 0 Å². The standard InChI is InChI=1S/C21H21N3O5/c1-21(14-15-4-2-3-5-18(15)19(25)29-21)20(26)23-12-10-22(11-13-23)16-6-8-17(9-7-16)24(27)28/h2-9H,10-14H2,1H3. The molecule has 2 aliphatic heterocycles. The van der Waals surface area contributed by atoms with Gasteiger partial charge in [-0.3, -0.25) is 14.9 Å². The molecule has 29 heavy (non-hydrogen) atoms. The molecule has 1 saturated heterocycles. The van der Waals surface area contributed by atoms with Crippen molar-refractivity contribution in [3.05, 3.63) is 69.8 Å². The van der Waals surface area contributed by atoms with E-state index in [9.17, 15) is 19.7 Å². The summed E-state index contributed by atoms with van der Waals surface area (Å²) in [5.74, 6) is -0.657. The number of carbonyl (C=O) groups is 2. The first-order chi connectivity index (χ1) is 13.9. The van der Waals surface area contributed by atoms with E-state index < -0.39 is 16.5 Å². The quantitative estimate of drug-likeness (QED) is 0.450. The average Bonchev–Trinajstić information content (AvgIpc) is 2.73. The van der Waals surface area contributed by atoms with Crippen LogP contribution in [-0.4, -0.2) is 53.5 Å². The molecule has 1 atom stereocenters. The Balaban J connectivity index is 1.43. The van der Waals surface area contributed by atoms with Gasteiger partial charge in [0.05, 0.1) is 10.5 Å². The van der Waals surface area contributed by atoms with Crippen LogP contribution in [0, 0.1) is 10.1 Å². The van der Waals surface area contributed by atoms with E-state index in [4.69, 9.17) is 4.74 Å². The van der Waals surface area contributed by atoms with E-state index in [2.05, 4.69) is 4.90 Å². The first-order valence-corrected chi connectivity index (χ1v) is 9.47. The van der Waals surface area contributed by atoms with E-state index >= 15 is 0 Å². The second-order valence-electron chi connectivity index (χ2n) is 7.51. The minimum atomic E-state index is -1.21. The molecule has 2 aliphatic rings. The summed E-state index contributed by atoms with van der Waals surface area (Å²) in [6, 6.07) is 13.6. The van der Waals surface area contributed by atoms with Crippen molar-refractivity contribution in [3.63, 3.8) is 0 Å². The number of cyclic esters (lactones) is 1. The summed E-state index contributed by atoms with van der Waals surface area (Å²) >= 11 is 0. The lowest BCUT2D eigenvalue weighted by atomic mass is 9.88. The van der Waals surface area contributed by atoms with Gasteiger partial charge in [0.1, 0.15) is 0 Å². The number of carbonyl (C=O) groups excluding carboxylic acids is 2. The normalized spacial score (nSPS) is 21.3. The van der Waals surface area contributed by atoms with Gasteiger partial charge in [-0.15, -0.1) is 0 Å². The number of rotatable bonds is 3. The van der Waals surface area contributed by atoms with Gasteiger partial charge in [-0.05, 0) is 30.7 Å². The predicted molar refractivity (Wildman–Crippen MR) is 106 cm³/mol. The fraction of sp³-hybridized carbons (Fsp3) is 0.333. The highest BCUT2D eigenvalue weighted by Gasteiger charge is 2.45. The van der Waals surface area contributed by atoms with E-state index in [-0.39, 0.29) is 11.6 Å². The number of ether oxygens (including phenoxy) is 1. The fourth-order valence-corrected chi connectivity index (χ4v) is 3.94. The van der Waals surface area contributed by atoms with Crippen molar-refractivity contribution in [2.75, 3.05) is 31.1 Å². The lowest BCUT2D eigenvalue weighted by Crippen LogP contribution is -2.58. The topological polar surface area (TPSA) is 93.0 Å². The highest BCUT2D eigenvalue weighted by Crippen LogP contribution is 2.30. The van der Waals surface area contributed by atoms with Crippen molar-refractivity contribution in [3.8, 4) is 0 Å². The number of piperazine rings is 1. The number of benzene rings is 2. The van der Waals surface area contributed by atoms with Crippen LogP contribution in [0.5, 0.6) is 0 Å². The predicted octanol–water partition coefficient (Wildman–Crippen LogP) is 2.42. The van der Waals surface area contributed by atoms with Crippen LogP contribution in [0.25, 0.3) is 0 Å². The maximum absolute atomic E-state index is 13.1. The summed E-state index contributed by atoms with van der Waals surface area (Å²) in [5.41, 5.74) is 1.06. The van der Waals surface area contributed by atoms with E-state index in [1.165, 1.54) is 12.1 Å². The zero-order valence-electron chi connectivity index (χ0n) is 16.0. The second-order valence-corrected chi connectivity index (χ2v) is 7.51. The highest BCUT2D eigenvalue weighted by molar-refractivity contribution is 5.97. The van der Waals surface area contributed by atoms with Crippen LogP contribution >= 0.6 is 0 Å². The van der Waals surface area contributed by atoms with Crippen molar-refractivity contribution in [2.45, 2.75) is 18.9 Å². The molecule has 1 unspecified atom stereocenters. The van der Waals surface area contributed by atoms with Crippen molar-refractivity contribution >= 4 is 23.3 Å². The summed E-state index contributed by atoms with van der Waals surface area (Å²) in [5, 5.41) is 10.8. The maximum atomic E-state index is 13.1. The molecule has 1 fully saturated rings. The molecular weight excluding hydrogens is 374 g/mol. The monoisotopic (exact) mass is 395 g/mol. The molecule has 2 heterocycles. The van der Waals surface area contributed by atoms with Crippen molar-refractivity contribution in [2.24, 2.45) is 0 Å². The van der Waals surface area contributed by atoms with Gasteiger partial charge in [-0.25, -0.2) is 4.79 Å². The molecule has 150 valence electrons. The molecule has 0 bridgehead atoms. The number of amides is 1. The molecule has 0 spiro atoms. The highest BCUT2D eigenvalue weighted by atomic mass is 16.6. The summed E-state index contributed by atoms with van der Waals surface area (Å²) in [6.07, 6.45) is 0.357. The number of nitro benzene ring substituents is 1. The molecule has 0 radical (unpaired) electrons. The van der Waals surface area contributed by atoms with Crippen molar-refractivity contribution in [1.82, 2.24) is 4.90 Å². The molecule has 0 N–H and O–H groups in total. The number of hydrogen-bond acceptors (Lipinski definition) is 6. The zero-order chi connectivity index (χ0) is 20.6. The number of hydrogen-bond donors (Lipinski definition) is 0. The number of non-ortho nitro benzene ring substituents is 1. The van der Waals surface area contributed by atoms with Gasteiger partial charge in [0, 0.05) is 50.4 Å². The van der Waals surface area contributed by atoms with Gasteiger partial charge < -0.3 is 14.5 Å². The molecule has 0 aromatic heterocycles. The Morgan fingerprint density at radius 2 is 1.72 bits per heavy atom. The molecule has 4 rings (SSSR count). The third-order valence-electron chi connectivity index (χ3n) is 5.53. The average molecular weight is 395 g/mol. The zero-order valence-corrected chi connectivity index (χ0v) is 16.0. The lowest BCUT2D eigenvalue weighted by molar-refractivity contribution is -0.384. The summed E-state index contributed by atoms with van der Waals surface area (Å²) in [6.45, 7) is 3.86. The lowest BCUT2D eigenvalue weighted by Gasteiger charge is -2.41. The summed E-state index contributed by atoms with van der Waals surface area (Å²) in [7, 11) is 0. The number of esters is 1. The molecular formula is C21H21N3O5. The van der Waals surface area contributed by atoms with Gasteiger partial charge >= 0.3 is 5.97 Å². The third-order valence-corrected chi connectivity index (χ3v) is 5.53. The van der Waals surface area contributed by atoms with Crippen LogP contribution in [0.3, 0.4) is 0 Å². The third kappa shape index (κ3) is 3.53. The Kier molecular flexibility index (Phi) is 4.70. The minimum absolute atomic E-state index is 0.0508. The van der Waals surface area contributed by atoms with Gasteiger partial charge in [-0.1, -0.05) is 18.2 Å². The maximum Gasteiger partial charge on any atom is 0.339 e. The van der Waals surface area contributed by atoms with Crippen LogP contribution in [0.1, 0.15) is 22.8 Å². The molecule has 8 heteroatoms. The SMILES string of the molecule is CC1(C(=O)N2CCN(c3ccc([N+](=O)[O-])cc3)CC2)Cc2ccccc2C(=O)O1. The minimum Gasteiger partial charge on any atom is -0.445 e. The molecule has 2 aromatic carbocycles. The summed E-state index contributed by atoms with van der Waals surface area (Å²) in [4.78, 5) is 39.7. The Morgan fingerprint density at radius 1 is 1.07 bits per heavy atom. The first kappa shape index (κ1) is 18.9. The Hall–Kier alpha value is -3.42. The van der Waals surface area contributed by atoms with Crippen LogP contribution in [0.15, 0.2) is 48.5 Å². The smallest absolute Gasteiger partial charge is 0.339 e. The second kappa shape index (κ2) is 7.20. The van der Waals surface area contributed by atoms with Crippen LogP contribution < -0.4 is 4.90 Å². The van der Waals surface area contributed by atoms with Crippen molar-refractivity contribution in [1.29, 1.82) is 0 Å². The molecule has 0 aliphatic carbocycles. The van der Waals surface area contributed by atoms with Gasteiger partial charge in [0.15, 0.2) is 5.60 Å². The Morgan fingerprint density at radius 3 is 2.38 bits per heavy atom. The van der Waals surface area contributed by atoms with Gasteiger partial charge in [-0.2, -0.15) is 0 Å². The summed E-state index contributed by atoms with van der Waals surface area (Å²) < 4.78 is 5.55. The van der Waals surface area contributed by atoms with Crippen LogP contribution in [0.4, 0.5) is 11.4 Å². The molecule has 0 saturated carbocycles. The largest absolute Gasteiger partial charge is 0.445 e. The molecule has 2 aromatic rings. The molecule has 8 nitrogen and oxygen atoms in total. The number of anilines is 1. The fourth-order valence-electron chi connectivity index (χ4n) is 3.94. The Labute approximate surface area is 167 Å².